The van der Waals surface area contributed by atoms with Gasteiger partial charge in [-0.25, -0.2) is 16.8 Å². The fraction of sp³-hybridized carbons (Fsp3) is 0.321. The van der Waals surface area contributed by atoms with Gasteiger partial charge in [0, 0.05) is 31.7 Å². The second-order valence-electron chi connectivity index (χ2n) is 9.50. The minimum absolute atomic E-state index is 0.146. The summed E-state index contributed by atoms with van der Waals surface area (Å²) in [4.78, 5) is 12.8. The lowest BCUT2D eigenvalue weighted by Crippen LogP contribution is -2.35. The fourth-order valence-corrected chi connectivity index (χ4v) is 6.83. The summed E-state index contributed by atoms with van der Waals surface area (Å²) in [6, 6.07) is 20.2. The van der Waals surface area contributed by atoms with Crippen LogP contribution in [0.2, 0.25) is 0 Å². The molecule has 0 aliphatic carbocycles. The molecule has 10 heteroatoms. The van der Waals surface area contributed by atoms with Gasteiger partial charge in [-0.05, 0) is 73.7 Å². The number of benzene rings is 3. The third-order valence-corrected chi connectivity index (χ3v) is 9.85. The van der Waals surface area contributed by atoms with Crippen LogP contribution in [0.15, 0.2) is 82.6 Å². The molecule has 0 atom stereocenters. The molecule has 0 saturated carbocycles. The molecule has 1 amide bonds. The molecule has 38 heavy (non-hydrogen) atoms. The smallest absolute Gasteiger partial charge is 0.261 e. The molecule has 3 aromatic carbocycles. The van der Waals surface area contributed by atoms with E-state index in [1.165, 1.54) is 16.4 Å². The first-order valence-electron chi connectivity index (χ1n) is 12.7. The number of carbonyl (C=O) groups is 1. The highest BCUT2D eigenvalue weighted by molar-refractivity contribution is 7.92. The molecule has 1 fully saturated rings. The number of anilines is 1. The van der Waals surface area contributed by atoms with E-state index in [0.29, 0.717) is 31.7 Å². The van der Waals surface area contributed by atoms with Gasteiger partial charge in [0.25, 0.3) is 10.0 Å². The van der Waals surface area contributed by atoms with Gasteiger partial charge in [-0.15, -0.1) is 0 Å². The van der Waals surface area contributed by atoms with E-state index in [9.17, 15) is 21.6 Å². The Morgan fingerprint density at radius 1 is 0.763 bits per heavy atom. The number of carbonyl (C=O) groups excluding carboxylic acids is 1. The molecule has 0 bridgehead atoms. The zero-order valence-corrected chi connectivity index (χ0v) is 23.0. The third kappa shape index (κ3) is 7.21. The first-order valence-corrected chi connectivity index (χ1v) is 15.6. The molecular weight excluding hydrogens is 522 g/mol. The number of hydrogen-bond donors (Lipinski definition) is 2. The van der Waals surface area contributed by atoms with E-state index in [2.05, 4.69) is 10.0 Å². The summed E-state index contributed by atoms with van der Waals surface area (Å²) < 4.78 is 54.9. The maximum absolute atomic E-state index is 12.8. The SMILES string of the molecule is Cc1ccc(NS(=O)(=O)c2ccc(CCC(=O)NCc3ccc(S(=O)(=O)N4CCCCC4)cc3)cc2)cc1. The van der Waals surface area contributed by atoms with Crippen molar-refractivity contribution < 1.29 is 21.6 Å². The molecule has 4 rings (SSSR count). The quantitative estimate of drug-likeness (QED) is 0.389. The van der Waals surface area contributed by atoms with Crippen molar-refractivity contribution >= 4 is 31.6 Å². The zero-order chi connectivity index (χ0) is 27.2. The Morgan fingerprint density at radius 2 is 1.34 bits per heavy atom. The van der Waals surface area contributed by atoms with E-state index < -0.39 is 20.0 Å². The Labute approximate surface area is 225 Å². The molecule has 1 aliphatic rings. The van der Waals surface area contributed by atoms with Crippen molar-refractivity contribution in [3.8, 4) is 0 Å². The lowest BCUT2D eigenvalue weighted by atomic mass is 10.1. The monoisotopic (exact) mass is 555 g/mol. The topological polar surface area (TPSA) is 113 Å². The molecule has 1 saturated heterocycles. The van der Waals surface area contributed by atoms with Crippen LogP contribution in [0.3, 0.4) is 0 Å². The van der Waals surface area contributed by atoms with Crippen molar-refractivity contribution in [1.29, 1.82) is 0 Å². The van der Waals surface area contributed by atoms with Crippen molar-refractivity contribution in [3.63, 3.8) is 0 Å². The summed E-state index contributed by atoms with van der Waals surface area (Å²) in [6.07, 6.45) is 3.54. The highest BCUT2D eigenvalue weighted by Crippen LogP contribution is 2.21. The Balaban J connectivity index is 1.25. The maximum atomic E-state index is 12.8. The first-order chi connectivity index (χ1) is 18.1. The van der Waals surface area contributed by atoms with E-state index >= 15 is 0 Å². The molecule has 0 radical (unpaired) electrons. The second kappa shape index (κ2) is 12.1. The van der Waals surface area contributed by atoms with Gasteiger partial charge in [-0.1, -0.05) is 48.4 Å². The average Bonchev–Trinajstić information content (AvgIpc) is 2.93. The van der Waals surface area contributed by atoms with Crippen LogP contribution in [0.4, 0.5) is 5.69 Å². The van der Waals surface area contributed by atoms with E-state index in [0.717, 1.165) is 36.0 Å². The maximum Gasteiger partial charge on any atom is 0.261 e. The Bertz CT molecular complexity index is 1450. The van der Waals surface area contributed by atoms with Gasteiger partial charge in [0.15, 0.2) is 0 Å². The van der Waals surface area contributed by atoms with Crippen LogP contribution in [0, 0.1) is 6.92 Å². The molecule has 0 spiro atoms. The van der Waals surface area contributed by atoms with Gasteiger partial charge in [0.1, 0.15) is 0 Å². The van der Waals surface area contributed by atoms with Crippen LogP contribution in [0.1, 0.15) is 42.4 Å². The number of sulfonamides is 2. The molecule has 0 aromatic heterocycles. The lowest BCUT2D eigenvalue weighted by Gasteiger charge is -2.25. The van der Waals surface area contributed by atoms with Crippen LogP contribution in [-0.2, 0) is 37.8 Å². The summed E-state index contributed by atoms with van der Waals surface area (Å²) in [7, 11) is -7.18. The summed E-state index contributed by atoms with van der Waals surface area (Å²) in [6.45, 7) is 3.34. The van der Waals surface area contributed by atoms with Crippen LogP contribution in [0.25, 0.3) is 0 Å². The van der Waals surface area contributed by atoms with Gasteiger partial charge in [0.05, 0.1) is 9.79 Å². The second-order valence-corrected chi connectivity index (χ2v) is 13.1. The van der Waals surface area contributed by atoms with Gasteiger partial charge < -0.3 is 5.32 Å². The van der Waals surface area contributed by atoms with Crippen LogP contribution in [0.5, 0.6) is 0 Å². The van der Waals surface area contributed by atoms with Crippen LogP contribution >= 0.6 is 0 Å². The Hall–Kier alpha value is -3.21. The molecule has 202 valence electrons. The fourth-order valence-electron chi connectivity index (χ4n) is 4.25. The minimum atomic E-state index is -3.70. The van der Waals surface area contributed by atoms with Crippen molar-refractivity contribution in [2.24, 2.45) is 0 Å². The van der Waals surface area contributed by atoms with Crippen molar-refractivity contribution in [2.75, 3.05) is 17.8 Å². The predicted octanol–water partition coefficient (Wildman–Crippen LogP) is 4.22. The number of amides is 1. The molecular formula is C28H33N3O5S2. The summed E-state index contributed by atoms with van der Waals surface area (Å²) in [5, 5.41) is 2.85. The summed E-state index contributed by atoms with van der Waals surface area (Å²) >= 11 is 0. The molecule has 2 N–H and O–H groups in total. The van der Waals surface area contributed by atoms with Crippen molar-refractivity contribution in [2.45, 2.75) is 55.4 Å². The lowest BCUT2D eigenvalue weighted by molar-refractivity contribution is -0.121. The Kier molecular flexibility index (Phi) is 8.86. The van der Waals surface area contributed by atoms with Gasteiger partial charge in [-0.3, -0.25) is 9.52 Å². The highest BCUT2D eigenvalue weighted by Gasteiger charge is 2.25. The standard InChI is InChI=1S/C28H33N3O5S2/c1-22-5-12-25(13-6-22)30-37(33,34)26-14-7-23(8-15-26)11-18-28(32)29-21-24-9-16-27(17-10-24)38(35,36)31-19-3-2-4-20-31/h5-10,12-17,30H,2-4,11,18-21H2,1H3,(H,29,32). The number of nitrogens with zero attached hydrogens (tertiary/aromatic N) is 1. The number of nitrogens with one attached hydrogen (secondary N) is 2. The van der Waals surface area contributed by atoms with Crippen LogP contribution < -0.4 is 10.0 Å². The average molecular weight is 556 g/mol. The largest absolute Gasteiger partial charge is 0.352 e. The van der Waals surface area contributed by atoms with Crippen molar-refractivity contribution in [1.82, 2.24) is 9.62 Å². The number of hydrogen-bond acceptors (Lipinski definition) is 5. The van der Waals surface area contributed by atoms with E-state index in [-0.39, 0.29) is 22.1 Å². The zero-order valence-electron chi connectivity index (χ0n) is 21.4. The van der Waals surface area contributed by atoms with Gasteiger partial charge in [-0.2, -0.15) is 4.31 Å². The molecule has 8 nitrogen and oxygen atoms in total. The molecule has 1 aliphatic heterocycles. The summed E-state index contributed by atoms with van der Waals surface area (Å²) in [5.41, 5.74) is 3.20. The highest BCUT2D eigenvalue weighted by atomic mass is 32.2. The van der Waals surface area contributed by atoms with E-state index in [4.69, 9.17) is 0 Å². The Morgan fingerprint density at radius 3 is 1.97 bits per heavy atom. The van der Waals surface area contributed by atoms with E-state index in [1.54, 1.807) is 48.5 Å². The number of piperidine rings is 1. The van der Waals surface area contributed by atoms with E-state index in [1.807, 2.05) is 19.1 Å². The minimum Gasteiger partial charge on any atom is -0.352 e. The number of rotatable bonds is 10. The molecule has 3 aromatic rings. The molecule has 1 heterocycles. The van der Waals surface area contributed by atoms with Crippen molar-refractivity contribution in [3.05, 3.63) is 89.5 Å². The van der Waals surface area contributed by atoms with Gasteiger partial charge >= 0.3 is 0 Å². The predicted molar refractivity (Wildman–Crippen MR) is 148 cm³/mol. The normalized spacial score (nSPS) is 14.7. The first kappa shape index (κ1) is 27.8. The third-order valence-electron chi connectivity index (χ3n) is 6.54. The summed E-state index contributed by atoms with van der Waals surface area (Å²) in [5.74, 6) is -0.146. The van der Waals surface area contributed by atoms with Gasteiger partial charge in [0.2, 0.25) is 15.9 Å². The number of aryl methyl sites for hydroxylation is 2. The molecule has 0 unspecified atom stereocenters. The van der Waals surface area contributed by atoms with Crippen LogP contribution in [-0.4, -0.2) is 40.1 Å².